The molecule has 1 amide bonds. The van der Waals surface area contributed by atoms with Gasteiger partial charge in [-0.05, 0) is 11.4 Å². The topological polar surface area (TPSA) is 93.2 Å². The summed E-state index contributed by atoms with van der Waals surface area (Å²) < 4.78 is 1.52. The molecular formula is C8H8N4O2S. The number of nitrogens with zero attached hydrogens (tertiary/aromatic N) is 2. The summed E-state index contributed by atoms with van der Waals surface area (Å²) >= 11 is 1.53. The molecule has 2 aromatic heterocycles. The van der Waals surface area contributed by atoms with Gasteiger partial charge in [-0.1, -0.05) is 0 Å². The minimum atomic E-state index is -1.16. The van der Waals surface area contributed by atoms with Gasteiger partial charge in [-0.2, -0.15) is 11.3 Å². The van der Waals surface area contributed by atoms with Crippen LogP contribution in [0.25, 0.3) is 5.69 Å². The molecule has 15 heavy (non-hydrogen) atoms. The van der Waals surface area contributed by atoms with Gasteiger partial charge in [-0.3, -0.25) is 5.32 Å². The largest absolute Gasteiger partial charge is 0.465 e. The van der Waals surface area contributed by atoms with Crippen molar-refractivity contribution in [2.75, 3.05) is 11.1 Å². The molecule has 0 saturated carbocycles. The second kappa shape index (κ2) is 3.62. The van der Waals surface area contributed by atoms with E-state index in [1.165, 1.54) is 22.2 Å². The molecule has 2 aromatic rings. The van der Waals surface area contributed by atoms with Gasteiger partial charge in [0, 0.05) is 5.38 Å². The smallest absolute Gasteiger partial charge is 0.409 e. The standard InChI is InChI=1S/C8H8N4O2S/c9-7-6(10-8(13)14)3-12(11-7)5-1-2-15-4-5/h1-4,10H,(H2,9,11)(H,13,14). The zero-order valence-electron chi connectivity index (χ0n) is 7.54. The number of rotatable bonds is 2. The number of thiophene rings is 1. The molecule has 0 aliphatic carbocycles. The Hall–Kier alpha value is -2.02. The van der Waals surface area contributed by atoms with Crippen LogP contribution in [0.2, 0.25) is 0 Å². The summed E-state index contributed by atoms with van der Waals surface area (Å²) in [6, 6.07) is 1.86. The molecular weight excluding hydrogens is 216 g/mol. The monoisotopic (exact) mass is 224 g/mol. The Morgan fingerprint density at radius 1 is 1.67 bits per heavy atom. The number of carboxylic acid groups (broad SMARTS) is 1. The maximum Gasteiger partial charge on any atom is 0.409 e. The van der Waals surface area contributed by atoms with Crippen LogP contribution in [0.3, 0.4) is 0 Å². The van der Waals surface area contributed by atoms with Gasteiger partial charge in [0.15, 0.2) is 5.82 Å². The van der Waals surface area contributed by atoms with Gasteiger partial charge >= 0.3 is 6.09 Å². The Bertz CT molecular complexity index is 477. The van der Waals surface area contributed by atoms with Crippen LogP contribution in [-0.2, 0) is 0 Å². The number of hydrogen-bond donors (Lipinski definition) is 3. The predicted octanol–water partition coefficient (Wildman–Crippen LogP) is 1.61. The van der Waals surface area contributed by atoms with Crippen molar-refractivity contribution in [3.05, 3.63) is 23.0 Å². The van der Waals surface area contributed by atoms with Gasteiger partial charge in [0.05, 0.1) is 11.9 Å². The number of anilines is 2. The normalized spacial score (nSPS) is 10.1. The quantitative estimate of drug-likeness (QED) is 0.722. The first-order valence-electron chi connectivity index (χ1n) is 4.04. The highest BCUT2D eigenvalue weighted by atomic mass is 32.1. The van der Waals surface area contributed by atoms with Gasteiger partial charge in [-0.25, -0.2) is 9.48 Å². The highest BCUT2D eigenvalue weighted by molar-refractivity contribution is 7.08. The molecule has 2 rings (SSSR count). The van der Waals surface area contributed by atoms with E-state index >= 15 is 0 Å². The molecule has 0 radical (unpaired) electrons. The van der Waals surface area contributed by atoms with Crippen LogP contribution in [0.15, 0.2) is 23.0 Å². The maximum atomic E-state index is 10.4. The zero-order chi connectivity index (χ0) is 10.8. The molecule has 0 saturated heterocycles. The second-order valence-electron chi connectivity index (χ2n) is 2.78. The fourth-order valence-electron chi connectivity index (χ4n) is 1.12. The lowest BCUT2D eigenvalue weighted by atomic mass is 10.5. The first-order valence-corrected chi connectivity index (χ1v) is 4.99. The molecule has 78 valence electrons. The lowest BCUT2D eigenvalue weighted by molar-refractivity contribution is 0.210. The van der Waals surface area contributed by atoms with Crippen molar-refractivity contribution in [2.45, 2.75) is 0 Å². The highest BCUT2D eigenvalue weighted by Gasteiger charge is 2.09. The third-order valence-corrected chi connectivity index (χ3v) is 2.43. The van der Waals surface area contributed by atoms with Gasteiger partial charge < -0.3 is 10.8 Å². The van der Waals surface area contributed by atoms with Crippen molar-refractivity contribution in [1.82, 2.24) is 9.78 Å². The Balaban J connectivity index is 2.33. The van der Waals surface area contributed by atoms with E-state index in [1.807, 2.05) is 16.8 Å². The van der Waals surface area contributed by atoms with Crippen LogP contribution in [0.1, 0.15) is 0 Å². The van der Waals surface area contributed by atoms with Crippen LogP contribution in [0.5, 0.6) is 0 Å². The first-order chi connectivity index (χ1) is 7.16. The van der Waals surface area contributed by atoms with Crippen LogP contribution in [0.4, 0.5) is 16.3 Å². The van der Waals surface area contributed by atoms with E-state index in [1.54, 1.807) is 0 Å². The summed E-state index contributed by atoms with van der Waals surface area (Å²) in [5.41, 5.74) is 6.68. The molecule has 6 nitrogen and oxygen atoms in total. The van der Waals surface area contributed by atoms with Gasteiger partial charge in [0.1, 0.15) is 5.69 Å². The Kier molecular flexibility index (Phi) is 2.30. The van der Waals surface area contributed by atoms with Crippen LogP contribution in [-0.4, -0.2) is 21.0 Å². The minimum Gasteiger partial charge on any atom is -0.465 e. The number of carbonyl (C=O) groups is 1. The second-order valence-corrected chi connectivity index (χ2v) is 3.56. The highest BCUT2D eigenvalue weighted by Crippen LogP contribution is 2.20. The van der Waals surface area contributed by atoms with E-state index in [4.69, 9.17) is 10.8 Å². The van der Waals surface area contributed by atoms with Crippen molar-refractivity contribution >= 4 is 28.9 Å². The van der Waals surface area contributed by atoms with E-state index in [0.29, 0.717) is 0 Å². The molecule has 2 heterocycles. The fourth-order valence-corrected chi connectivity index (χ4v) is 1.74. The van der Waals surface area contributed by atoms with E-state index in [9.17, 15) is 4.79 Å². The number of nitrogens with one attached hydrogen (secondary N) is 1. The van der Waals surface area contributed by atoms with Crippen LogP contribution in [0, 0.1) is 0 Å². The van der Waals surface area contributed by atoms with E-state index in [2.05, 4.69) is 10.4 Å². The summed E-state index contributed by atoms with van der Waals surface area (Å²) in [6.45, 7) is 0. The maximum absolute atomic E-state index is 10.4. The van der Waals surface area contributed by atoms with Gasteiger partial charge in [-0.15, -0.1) is 5.10 Å². The zero-order valence-corrected chi connectivity index (χ0v) is 8.36. The van der Waals surface area contributed by atoms with Crippen molar-refractivity contribution in [3.8, 4) is 5.69 Å². The van der Waals surface area contributed by atoms with Crippen molar-refractivity contribution in [1.29, 1.82) is 0 Å². The molecule has 0 aliphatic heterocycles. The SMILES string of the molecule is Nc1nn(-c2ccsc2)cc1NC(=O)O. The van der Waals surface area contributed by atoms with Gasteiger partial charge in [0.25, 0.3) is 0 Å². The lowest BCUT2D eigenvalue weighted by Crippen LogP contribution is -2.07. The van der Waals surface area contributed by atoms with Gasteiger partial charge in [0.2, 0.25) is 0 Å². The number of nitrogens with two attached hydrogens (primary N) is 1. The summed E-state index contributed by atoms with van der Waals surface area (Å²) in [7, 11) is 0. The Morgan fingerprint density at radius 3 is 3.07 bits per heavy atom. The summed E-state index contributed by atoms with van der Waals surface area (Å²) in [6.07, 6.45) is 0.373. The number of hydrogen-bond acceptors (Lipinski definition) is 4. The first kappa shape index (κ1) is 9.53. The predicted molar refractivity (Wildman–Crippen MR) is 57.5 cm³/mol. The fraction of sp³-hybridized carbons (Fsp3) is 0. The number of aromatic nitrogens is 2. The third-order valence-electron chi connectivity index (χ3n) is 1.76. The summed E-state index contributed by atoms with van der Waals surface area (Å²) in [5.74, 6) is 0.156. The van der Waals surface area contributed by atoms with Crippen molar-refractivity contribution < 1.29 is 9.90 Å². The average molecular weight is 224 g/mol. The number of nitrogen functional groups attached to an aromatic ring is 1. The Morgan fingerprint density at radius 2 is 2.47 bits per heavy atom. The van der Waals surface area contributed by atoms with E-state index in [-0.39, 0.29) is 11.5 Å². The van der Waals surface area contributed by atoms with Crippen molar-refractivity contribution in [3.63, 3.8) is 0 Å². The average Bonchev–Trinajstić information content (AvgIpc) is 2.75. The molecule has 0 spiro atoms. The lowest BCUT2D eigenvalue weighted by Gasteiger charge is -1.94. The molecule has 0 aliphatic rings. The molecule has 4 N–H and O–H groups in total. The molecule has 0 unspecified atom stereocenters. The Labute approximate surface area is 88.9 Å². The molecule has 0 aromatic carbocycles. The van der Waals surface area contributed by atoms with Crippen LogP contribution < -0.4 is 11.1 Å². The van der Waals surface area contributed by atoms with E-state index in [0.717, 1.165) is 5.69 Å². The number of amides is 1. The summed E-state index contributed by atoms with van der Waals surface area (Å²) in [5, 5.41) is 18.5. The van der Waals surface area contributed by atoms with Crippen molar-refractivity contribution in [2.24, 2.45) is 0 Å². The summed E-state index contributed by atoms with van der Waals surface area (Å²) in [4.78, 5) is 10.4. The third kappa shape index (κ3) is 1.91. The molecule has 0 atom stereocenters. The van der Waals surface area contributed by atoms with E-state index < -0.39 is 6.09 Å². The molecule has 7 heteroatoms. The molecule has 0 bridgehead atoms. The molecule has 0 fully saturated rings. The minimum absolute atomic E-state index is 0.156. The van der Waals surface area contributed by atoms with Crippen LogP contribution >= 0.6 is 11.3 Å².